The van der Waals surface area contributed by atoms with E-state index >= 15 is 0 Å². The van der Waals surface area contributed by atoms with Crippen LogP contribution in [0.5, 0.6) is 0 Å². The van der Waals surface area contributed by atoms with Gasteiger partial charge in [0.2, 0.25) is 5.78 Å². The summed E-state index contributed by atoms with van der Waals surface area (Å²) in [6.07, 6.45) is 11.0. The van der Waals surface area contributed by atoms with Crippen molar-refractivity contribution in [3.05, 3.63) is 11.6 Å². The van der Waals surface area contributed by atoms with E-state index < -0.39 is 29.5 Å². The van der Waals surface area contributed by atoms with E-state index in [-0.39, 0.29) is 34.9 Å². The van der Waals surface area contributed by atoms with Crippen molar-refractivity contribution in [3.8, 4) is 0 Å². The SMILES string of the molecule is CCCCCCCC(=O)OCC(=O)[C@@]1(O)CC[C@H]2[C@@H]3CCC4=CC(=O)CC[C@]4(C)[C@H]3[C@H](O)C[C@@]21C. The van der Waals surface area contributed by atoms with Crippen molar-refractivity contribution in [2.75, 3.05) is 6.61 Å². The van der Waals surface area contributed by atoms with E-state index in [9.17, 15) is 24.6 Å². The molecule has 196 valence electrons. The Hall–Kier alpha value is -1.53. The number of fused-ring (bicyclic) bond motifs is 5. The number of rotatable bonds is 9. The number of allylic oxidation sites excluding steroid dienone is 1. The quantitative estimate of drug-likeness (QED) is 0.361. The van der Waals surface area contributed by atoms with Crippen LogP contribution >= 0.6 is 0 Å². The van der Waals surface area contributed by atoms with Gasteiger partial charge in [-0.1, -0.05) is 52.0 Å². The van der Waals surface area contributed by atoms with Crippen LogP contribution in [0.3, 0.4) is 0 Å². The van der Waals surface area contributed by atoms with Crippen molar-refractivity contribution >= 4 is 17.5 Å². The fourth-order valence-electron chi connectivity index (χ4n) is 8.36. The molecule has 0 bridgehead atoms. The van der Waals surface area contributed by atoms with Crippen LogP contribution in [0.15, 0.2) is 11.6 Å². The Morgan fingerprint density at radius 3 is 2.57 bits per heavy atom. The van der Waals surface area contributed by atoms with Crippen molar-refractivity contribution in [2.45, 2.75) is 116 Å². The summed E-state index contributed by atoms with van der Waals surface area (Å²) < 4.78 is 5.29. The van der Waals surface area contributed by atoms with Gasteiger partial charge in [0.15, 0.2) is 12.4 Å². The molecule has 6 heteroatoms. The average Bonchev–Trinajstić information content (AvgIpc) is 3.08. The van der Waals surface area contributed by atoms with Gasteiger partial charge >= 0.3 is 5.97 Å². The predicted octanol–water partition coefficient (Wildman–Crippen LogP) is 4.69. The number of aliphatic hydroxyl groups excluding tert-OH is 1. The number of aliphatic hydroxyl groups is 2. The molecule has 0 amide bonds. The van der Waals surface area contributed by atoms with E-state index in [1.165, 1.54) is 5.57 Å². The Labute approximate surface area is 209 Å². The Balaban J connectivity index is 1.43. The summed E-state index contributed by atoms with van der Waals surface area (Å²) in [6.45, 7) is 5.90. The van der Waals surface area contributed by atoms with Crippen molar-refractivity contribution < 1.29 is 29.3 Å². The molecule has 0 spiro atoms. The summed E-state index contributed by atoms with van der Waals surface area (Å²) in [5, 5.41) is 23.2. The second-order valence-corrected chi connectivity index (χ2v) is 12.2. The Morgan fingerprint density at radius 1 is 1.09 bits per heavy atom. The van der Waals surface area contributed by atoms with Crippen molar-refractivity contribution in [2.24, 2.45) is 28.6 Å². The number of ether oxygens (including phenoxy) is 1. The second-order valence-electron chi connectivity index (χ2n) is 12.2. The maximum Gasteiger partial charge on any atom is 0.306 e. The van der Waals surface area contributed by atoms with Crippen LogP contribution < -0.4 is 0 Å². The molecule has 3 saturated carbocycles. The summed E-state index contributed by atoms with van der Waals surface area (Å²) in [7, 11) is 0. The predicted molar refractivity (Wildman–Crippen MR) is 132 cm³/mol. The lowest BCUT2D eigenvalue weighted by atomic mass is 9.45. The summed E-state index contributed by atoms with van der Waals surface area (Å²) >= 11 is 0. The Morgan fingerprint density at radius 2 is 1.83 bits per heavy atom. The van der Waals surface area contributed by atoms with Gasteiger partial charge in [0, 0.05) is 18.3 Å². The lowest BCUT2D eigenvalue weighted by Gasteiger charge is -2.60. The molecule has 3 fully saturated rings. The van der Waals surface area contributed by atoms with E-state index in [1.807, 2.05) is 13.0 Å². The zero-order valence-corrected chi connectivity index (χ0v) is 21.8. The minimum Gasteiger partial charge on any atom is -0.458 e. The molecule has 6 nitrogen and oxygen atoms in total. The molecule has 4 aliphatic carbocycles. The highest BCUT2D eigenvalue weighted by molar-refractivity contribution is 5.92. The van der Waals surface area contributed by atoms with Gasteiger partial charge in [-0.15, -0.1) is 0 Å². The largest absolute Gasteiger partial charge is 0.458 e. The molecule has 7 atom stereocenters. The number of hydrogen-bond donors (Lipinski definition) is 2. The standard InChI is InChI=1S/C29H44O6/c1-4-5-6-7-8-9-25(33)35-18-24(32)29(34)15-13-22-21-11-10-19-16-20(30)12-14-27(19,2)26(21)23(31)17-28(22,29)3/h16,21-23,26,31,34H,4-15,17-18H2,1-3H3/t21-,22-,23+,26+,27-,28-,29-/m0/s1. The van der Waals surface area contributed by atoms with E-state index in [2.05, 4.69) is 13.8 Å². The second kappa shape index (κ2) is 10.1. The van der Waals surface area contributed by atoms with Crippen molar-refractivity contribution in [1.82, 2.24) is 0 Å². The minimum atomic E-state index is -1.59. The number of hydrogen-bond acceptors (Lipinski definition) is 6. The minimum absolute atomic E-state index is 0.0386. The van der Waals surface area contributed by atoms with E-state index in [0.717, 1.165) is 57.8 Å². The maximum atomic E-state index is 13.3. The highest BCUT2D eigenvalue weighted by Crippen LogP contribution is 2.67. The number of unbranched alkanes of at least 4 members (excludes halogenated alkanes) is 4. The Kier molecular flexibility index (Phi) is 7.64. The van der Waals surface area contributed by atoms with Crippen LogP contribution in [-0.4, -0.2) is 46.1 Å². The van der Waals surface area contributed by atoms with E-state index in [0.29, 0.717) is 25.7 Å². The average molecular weight is 489 g/mol. The van der Waals surface area contributed by atoms with Gasteiger partial charge in [-0.25, -0.2) is 0 Å². The van der Waals surface area contributed by atoms with Crippen LogP contribution in [0.4, 0.5) is 0 Å². The lowest BCUT2D eigenvalue weighted by molar-refractivity contribution is -0.184. The molecule has 0 saturated heterocycles. The van der Waals surface area contributed by atoms with Crippen molar-refractivity contribution in [3.63, 3.8) is 0 Å². The van der Waals surface area contributed by atoms with Crippen LogP contribution in [0.2, 0.25) is 0 Å². The van der Waals surface area contributed by atoms with Gasteiger partial charge in [0.1, 0.15) is 5.60 Å². The topological polar surface area (TPSA) is 101 Å². The van der Waals surface area contributed by atoms with Gasteiger partial charge in [-0.05, 0) is 74.2 Å². The monoisotopic (exact) mass is 488 g/mol. The molecule has 0 unspecified atom stereocenters. The summed E-state index contributed by atoms with van der Waals surface area (Å²) in [5.41, 5.74) is -1.37. The van der Waals surface area contributed by atoms with Crippen LogP contribution in [0.1, 0.15) is 104 Å². The molecule has 0 aromatic carbocycles. The fourth-order valence-corrected chi connectivity index (χ4v) is 8.36. The molecule has 0 heterocycles. The lowest BCUT2D eigenvalue weighted by Crippen LogP contribution is -2.62. The third-order valence-electron chi connectivity index (χ3n) is 10.4. The number of ketones is 2. The zero-order valence-electron chi connectivity index (χ0n) is 21.8. The zero-order chi connectivity index (χ0) is 25.4. The van der Waals surface area contributed by atoms with E-state index in [4.69, 9.17) is 4.74 Å². The first-order chi connectivity index (χ1) is 16.6. The van der Waals surface area contributed by atoms with Crippen molar-refractivity contribution in [1.29, 1.82) is 0 Å². The Bertz CT molecular complexity index is 878. The molecule has 2 N–H and O–H groups in total. The first-order valence-electron chi connectivity index (χ1n) is 13.9. The smallest absolute Gasteiger partial charge is 0.306 e. The highest BCUT2D eigenvalue weighted by atomic mass is 16.5. The fraction of sp³-hybridized carbons (Fsp3) is 0.828. The van der Waals surface area contributed by atoms with Crippen LogP contribution in [-0.2, 0) is 19.1 Å². The first-order valence-corrected chi connectivity index (χ1v) is 13.9. The molecule has 0 aromatic heterocycles. The van der Waals surface area contributed by atoms with Gasteiger partial charge in [-0.3, -0.25) is 14.4 Å². The van der Waals surface area contributed by atoms with E-state index in [1.54, 1.807) is 0 Å². The molecular formula is C29H44O6. The summed E-state index contributed by atoms with van der Waals surface area (Å²) in [6, 6.07) is 0. The maximum absolute atomic E-state index is 13.3. The number of esters is 1. The molecule has 4 rings (SSSR count). The first kappa shape index (κ1) is 26.5. The third kappa shape index (κ3) is 4.54. The molecule has 0 aromatic rings. The molecule has 4 aliphatic rings. The summed E-state index contributed by atoms with van der Waals surface area (Å²) in [4.78, 5) is 37.5. The third-order valence-corrected chi connectivity index (χ3v) is 10.4. The normalized spacial score (nSPS) is 40.4. The van der Waals surface area contributed by atoms with Gasteiger partial charge in [0.25, 0.3) is 0 Å². The molecule has 0 radical (unpaired) electrons. The number of carbonyl (C=O) groups excluding carboxylic acids is 3. The van der Waals surface area contributed by atoms with Gasteiger partial charge in [-0.2, -0.15) is 0 Å². The van der Waals surface area contributed by atoms with Gasteiger partial charge in [0.05, 0.1) is 6.10 Å². The number of carbonyl (C=O) groups is 3. The number of Topliss-reactive ketones (excluding diaryl/α,β-unsaturated/α-hetero) is 1. The summed E-state index contributed by atoms with van der Waals surface area (Å²) in [5.74, 6) is -0.271. The molecule has 0 aliphatic heterocycles. The van der Waals surface area contributed by atoms with Crippen LogP contribution in [0.25, 0.3) is 0 Å². The molecular weight excluding hydrogens is 444 g/mol. The van der Waals surface area contributed by atoms with Gasteiger partial charge < -0.3 is 14.9 Å². The highest BCUT2D eigenvalue weighted by Gasteiger charge is 2.68. The molecule has 35 heavy (non-hydrogen) atoms. The van der Waals surface area contributed by atoms with Crippen LogP contribution in [0, 0.1) is 28.6 Å².